The molecule has 1 aliphatic carbocycles. The SMILES string of the molecule is COC(=O)CCNC(=O)C1C(C)(C)C1(C)C. The lowest BCUT2D eigenvalue weighted by Crippen LogP contribution is -2.29. The van der Waals surface area contributed by atoms with Crippen LogP contribution in [0.2, 0.25) is 0 Å². The first-order valence-corrected chi connectivity index (χ1v) is 5.59. The maximum atomic E-state index is 11.8. The molecule has 0 spiro atoms. The van der Waals surface area contributed by atoms with Crippen LogP contribution in [0, 0.1) is 16.7 Å². The van der Waals surface area contributed by atoms with Crippen molar-refractivity contribution >= 4 is 11.9 Å². The molecule has 0 atom stereocenters. The van der Waals surface area contributed by atoms with E-state index in [0.29, 0.717) is 6.54 Å². The van der Waals surface area contributed by atoms with E-state index in [0.717, 1.165) is 0 Å². The maximum Gasteiger partial charge on any atom is 0.307 e. The summed E-state index contributed by atoms with van der Waals surface area (Å²) in [5.74, 6) is -0.217. The lowest BCUT2D eigenvalue weighted by atomic mass is 10.0. The van der Waals surface area contributed by atoms with Crippen molar-refractivity contribution in [2.75, 3.05) is 13.7 Å². The number of rotatable bonds is 4. The highest BCUT2D eigenvalue weighted by Gasteiger charge is 2.68. The van der Waals surface area contributed by atoms with Crippen molar-refractivity contribution < 1.29 is 14.3 Å². The molecule has 1 rings (SSSR count). The van der Waals surface area contributed by atoms with E-state index in [1.807, 2.05) is 0 Å². The summed E-state index contributed by atoms with van der Waals surface area (Å²) in [5, 5.41) is 2.78. The molecule has 4 nitrogen and oxygen atoms in total. The van der Waals surface area contributed by atoms with E-state index in [-0.39, 0.29) is 35.0 Å². The number of carbonyl (C=O) groups is 2. The number of ether oxygens (including phenoxy) is 1. The molecular weight excluding hydrogens is 206 g/mol. The summed E-state index contributed by atoms with van der Waals surface area (Å²) in [6.45, 7) is 8.73. The van der Waals surface area contributed by atoms with Crippen molar-refractivity contribution in [1.29, 1.82) is 0 Å². The number of methoxy groups -OCH3 is 1. The average molecular weight is 227 g/mol. The Balaban J connectivity index is 2.36. The van der Waals surface area contributed by atoms with Gasteiger partial charge >= 0.3 is 5.97 Å². The van der Waals surface area contributed by atoms with Crippen molar-refractivity contribution in [3.05, 3.63) is 0 Å². The highest BCUT2D eigenvalue weighted by atomic mass is 16.5. The zero-order valence-electron chi connectivity index (χ0n) is 10.7. The number of hydrogen-bond donors (Lipinski definition) is 1. The Morgan fingerprint density at radius 3 is 2.06 bits per heavy atom. The second-order valence-corrected chi connectivity index (χ2v) is 5.49. The molecule has 0 radical (unpaired) electrons. The minimum Gasteiger partial charge on any atom is -0.469 e. The average Bonchev–Trinajstić information content (AvgIpc) is 2.57. The molecule has 0 aliphatic heterocycles. The van der Waals surface area contributed by atoms with E-state index in [1.54, 1.807) is 0 Å². The molecule has 0 aromatic carbocycles. The molecule has 92 valence electrons. The first kappa shape index (κ1) is 13.0. The Labute approximate surface area is 96.7 Å². The Hall–Kier alpha value is -1.06. The van der Waals surface area contributed by atoms with Crippen LogP contribution in [0.5, 0.6) is 0 Å². The lowest BCUT2D eigenvalue weighted by molar-refractivity contribution is -0.140. The number of hydrogen-bond acceptors (Lipinski definition) is 3. The van der Waals surface area contributed by atoms with Gasteiger partial charge in [-0.05, 0) is 10.8 Å². The van der Waals surface area contributed by atoms with Gasteiger partial charge in [-0.2, -0.15) is 0 Å². The third kappa shape index (κ3) is 2.06. The van der Waals surface area contributed by atoms with E-state index in [9.17, 15) is 9.59 Å². The highest BCUT2D eigenvalue weighted by Crippen LogP contribution is 2.68. The summed E-state index contributed by atoms with van der Waals surface area (Å²) < 4.78 is 4.50. The van der Waals surface area contributed by atoms with Gasteiger partial charge in [0.25, 0.3) is 0 Å². The zero-order chi connectivity index (χ0) is 12.6. The summed E-state index contributed by atoms with van der Waals surface area (Å²) in [7, 11) is 1.34. The van der Waals surface area contributed by atoms with Crippen molar-refractivity contribution in [3.8, 4) is 0 Å². The smallest absolute Gasteiger partial charge is 0.307 e. The van der Waals surface area contributed by atoms with Crippen molar-refractivity contribution in [2.45, 2.75) is 34.1 Å². The van der Waals surface area contributed by atoms with Crippen LogP contribution >= 0.6 is 0 Å². The molecule has 0 heterocycles. The van der Waals surface area contributed by atoms with Crippen LogP contribution in [0.3, 0.4) is 0 Å². The zero-order valence-corrected chi connectivity index (χ0v) is 10.7. The van der Waals surface area contributed by atoms with Crippen LogP contribution in [-0.4, -0.2) is 25.5 Å². The largest absolute Gasteiger partial charge is 0.469 e. The van der Waals surface area contributed by atoms with E-state index < -0.39 is 0 Å². The fourth-order valence-corrected chi connectivity index (χ4v) is 2.34. The van der Waals surface area contributed by atoms with Gasteiger partial charge in [-0.3, -0.25) is 9.59 Å². The van der Waals surface area contributed by atoms with E-state index in [2.05, 4.69) is 37.7 Å². The predicted octanol–water partition coefficient (Wildman–Crippen LogP) is 1.35. The molecular formula is C12H21NO3. The quantitative estimate of drug-likeness (QED) is 0.737. The monoisotopic (exact) mass is 227 g/mol. The topological polar surface area (TPSA) is 55.4 Å². The molecule has 1 N–H and O–H groups in total. The van der Waals surface area contributed by atoms with Crippen molar-refractivity contribution in [1.82, 2.24) is 5.32 Å². The van der Waals surface area contributed by atoms with Crippen LogP contribution in [-0.2, 0) is 14.3 Å². The van der Waals surface area contributed by atoms with Gasteiger partial charge in [0.15, 0.2) is 0 Å². The molecule has 0 aromatic rings. The summed E-state index contributed by atoms with van der Waals surface area (Å²) in [6, 6.07) is 0. The molecule has 0 aromatic heterocycles. The number of carbonyl (C=O) groups excluding carboxylic acids is 2. The fraction of sp³-hybridized carbons (Fsp3) is 0.833. The van der Waals surface area contributed by atoms with Crippen LogP contribution in [0.4, 0.5) is 0 Å². The molecule has 1 fully saturated rings. The molecule has 0 saturated heterocycles. The Bertz CT molecular complexity index is 293. The highest BCUT2D eigenvalue weighted by molar-refractivity contribution is 5.84. The number of esters is 1. The Kier molecular flexibility index (Phi) is 3.31. The summed E-state index contributed by atoms with van der Waals surface area (Å²) in [4.78, 5) is 22.7. The molecule has 16 heavy (non-hydrogen) atoms. The Morgan fingerprint density at radius 2 is 1.69 bits per heavy atom. The minimum atomic E-state index is -0.297. The van der Waals surface area contributed by atoms with E-state index >= 15 is 0 Å². The van der Waals surface area contributed by atoms with Gasteiger partial charge in [0.2, 0.25) is 5.91 Å². The van der Waals surface area contributed by atoms with Crippen molar-refractivity contribution in [3.63, 3.8) is 0 Å². The van der Waals surface area contributed by atoms with E-state index in [4.69, 9.17) is 0 Å². The van der Waals surface area contributed by atoms with Crippen molar-refractivity contribution in [2.24, 2.45) is 16.7 Å². The molecule has 1 aliphatic rings. The van der Waals surface area contributed by atoms with Gasteiger partial charge in [0.05, 0.1) is 13.5 Å². The van der Waals surface area contributed by atoms with Gasteiger partial charge in [0.1, 0.15) is 0 Å². The first-order valence-electron chi connectivity index (χ1n) is 5.59. The summed E-state index contributed by atoms with van der Waals surface area (Å²) in [6.07, 6.45) is 0.232. The second-order valence-electron chi connectivity index (χ2n) is 5.49. The normalized spacial score (nSPS) is 21.3. The third-order valence-corrected chi connectivity index (χ3v) is 4.14. The van der Waals surface area contributed by atoms with Crippen LogP contribution in [0.1, 0.15) is 34.1 Å². The van der Waals surface area contributed by atoms with Gasteiger partial charge in [-0.25, -0.2) is 0 Å². The molecule has 0 unspecified atom stereocenters. The molecule has 1 saturated carbocycles. The maximum absolute atomic E-state index is 11.8. The van der Waals surface area contributed by atoms with Crippen LogP contribution < -0.4 is 5.32 Å². The van der Waals surface area contributed by atoms with Gasteiger partial charge < -0.3 is 10.1 Å². The fourth-order valence-electron chi connectivity index (χ4n) is 2.34. The molecule has 0 bridgehead atoms. The van der Waals surface area contributed by atoms with Crippen LogP contribution in [0.25, 0.3) is 0 Å². The first-order chi connectivity index (χ1) is 7.25. The van der Waals surface area contributed by atoms with Gasteiger partial charge in [-0.1, -0.05) is 27.7 Å². The van der Waals surface area contributed by atoms with E-state index in [1.165, 1.54) is 7.11 Å². The third-order valence-electron chi connectivity index (χ3n) is 4.14. The number of nitrogens with one attached hydrogen (secondary N) is 1. The summed E-state index contributed by atoms with van der Waals surface area (Å²) in [5.41, 5.74) is 0.0880. The van der Waals surface area contributed by atoms with Gasteiger partial charge in [0, 0.05) is 12.5 Å². The van der Waals surface area contributed by atoms with Crippen LogP contribution in [0.15, 0.2) is 0 Å². The molecule has 4 heteroatoms. The molecule has 1 amide bonds. The lowest BCUT2D eigenvalue weighted by Gasteiger charge is -2.05. The van der Waals surface area contributed by atoms with Gasteiger partial charge in [-0.15, -0.1) is 0 Å². The second kappa shape index (κ2) is 4.07. The minimum absolute atomic E-state index is 0.0395. The summed E-state index contributed by atoms with van der Waals surface area (Å²) >= 11 is 0. The predicted molar refractivity (Wildman–Crippen MR) is 60.7 cm³/mol. The Morgan fingerprint density at radius 1 is 1.19 bits per heavy atom. The standard InChI is InChI=1S/C12H21NO3/c1-11(2)9(12(11,3)4)10(15)13-7-6-8(14)16-5/h9H,6-7H2,1-5H3,(H,13,15). The number of amides is 1.